The van der Waals surface area contributed by atoms with E-state index >= 15 is 0 Å². The first-order chi connectivity index (χ1) is 9.29. The number of piperidine rings is 1. The van der Waals surface area contributed by atoms with Crippen LogP contribution in [0.25, 0.3) is 0 Å². The molecule has 0 atom stereocenters. The zero-order valence-corrected chi connectivity index (χ0v) is 13.3. The molecule has 0 amide bonds. The van der Waals surface area contributed by atoms with E-state index in [9.17, 15) is 0 Å². The van der Waals surface area contributed by atoms with Crippen LogP contribution in [0.15, 0.2) is 22.7 Å². The molecule has 1 aliphatic heterocycles. The summed E-state index contributed by atoms with van der Waals surface area (Å²) in [6, 6.07) is 6.35. The van der Waals surface area contributed by atoms with Crippen LogP contribution in [0.3, 0.4) is 0 Å². The van der Waals surface area contributed by atoms with Crippen molar-refractivity contribution in [2.24, 2.45) is 5.92 Å². The van der Waals surface area contributed by atoms with Gasteiger partial charge in [-0.25, -0.2) is 0 Å². The minimum absolute atomic E-state index is 0.839. The lowest BCUT2D eigenvalue weighted by Crippen LogP contribution is -2.28. The van der Waals surface area contributed by atoms with Crippen molar-refractivity contribution >= 4 is 15.9 Å². The lowest BCUT2D eigenvalue weighted by Gasteiger charge is -2.22. The number of aryl methyl sites for hydroxylation is 1. The summed E-state index contributed by atoms with van der Waals surface area (Å²) in [5.41, 5.74) is 1.32. The smallest absolute Gasteiger partial charge is 0.122 e. The maximum Gasteiger partial charge on any atom is 0.122 e. The first-order valence-corrected chi connectivity index (χ1v) is 8.21. The second kappa shape index (κ2) is 7.91. The van der Waals surface area contributed by atoms with E-state index in [0.29, 0.717) is 0 Å². The van der Waals surface area contributed by atoms with E-state index in [1.807, 2.05) is 0 Å². The van der Waals surface area contributed by atoms with Crippen molar-refractivity contribution in [3.63, 3.8) is 0 Å². The standard InChI is InChI=1S/C16H24BrNO/c1-2-3-14-12-15(17)4-5-16(14)19-11-8-13-6-9-18-10-7-13/h4-5,12-13,18H,2-3,6-11H2,1H3. The summed E-state index contributed by atoms with van der Waals surface area (Å²) in [4.78, 5) is 0. The van der Waals surface area contributed by atoms with E-state index < -0.39 is 0 Å². The van der Waals surface area contributed by atoms with Gasteiger partial charge in [-0.1, -0.05) is 29.3 Å². The van der Waals surface area contributed by atoms with Crippen molar-refractivity contribution < 1.29 is 4.74 Å². The molecule has 1 aliphatic rings. The molecule has 0 spiro atoms. The van der Waals surface area contributed by atoms with Gasteiger partial charge in [0.2, 0.25) is 0 Å². The lowest BCUT2D eigenvalue weighted by molar-refractivity contribution is 0.250. The Kier molecular flexibility index (Phi) is 6.18. The molecule has 0 aliphatic carbocycles. The summed E-state index contributed by atoms with van der Waals surface area (Å²) in [5.74, 6) is 1.91. The Balaban J connectivity index is 1.84. The second-order valence-electron chi connectivity index (χ2n) is 5.33. The third-order valence-electron chi connectivity index (χ3n) is 3.78. The molecule has 0 unspecified atom stereocenters. The summed E-state index contributed by atoms with van der Waals surface area (Å²) in [5, 5.41) is 3.41. The average Bonchev–Trinajstić information content (AvgIpc) is 2.43. The molecule has 0 saturated carbocycles. The highest BCUT2D eigenvalue weighted by Gasteiger charge is 2.13. The second-order valence-corrected chi connectivity index (χ2v) is 6.25. The van der Waals surface area contributed by atoms with Gasteiger partial charge in [-0.3, -0.25) is 0 Å². The summed E-state index contributed by atoms with van der Waals surface area (Å²) < 4.78 is 7.15. The molecule has 0 aromatic heterocycles. The van der Waals surface area contributed by atoms with E-state index in [-0.39, 0.29) is 0 Å². The van der Waals surface area contributed by atoms with E-state index in [1.54, 1.807) is 0 Å². The molecule has 1 N–H and O–H groups in total. The zero-order valence-electron chi connectivity index (χ0n) is 11.8. The van der Waals surface area contributed by atoms with Gasteiger partial charge in [-0.05, 0) is 68.5 Å². The minimum atomic E-state index is 0.839. The van der Waals surface area contributed by atoms with Crippen molar-refractivity contribution in [3.05, 3.63) is 28.2 Å². The number of nitrogens with one attached hydrogen (secondary N) is 1. The van der Waals surface area contributed by atoms with Crippen LogP contribution < -0.4 is 10.1 Å². The number of hydrogen-bond acceptors (Lipinski definition) is 2. The zero-order chi connectivity index (χ0) is 13.5. The molecular formula is C16H24BrNO. The van der Waals surface area contributed by atoms with Gasteiger partial charge >= 0.3 is 0 Å². The highest BCUT2D eigenvalue weighted by molar-refractivity contribution is 9.10. The van der Waals surface area contributed by atoms with Crippen LogP contribution in [-0.4, -0.2) is 19.7 Å². The third-order valence-corrected chi connectivity index (χ3v) is 4.28. The van der Waals surface area contributed by atoms with Crippen molar-refractivity contribution in [1.29, 1.82) is 0 Å². The Morgan fingerprint density at radius 2 is 2.11 bits per heavy atom. The van der Waals surface area contributed by atoms with Crippen LogP contribution in [0.5, 0.6) is 5.75 Å². The third kappa shape index (κ3) is 4.81. The van der Waals surface area contributed by atoms with Gasteiger partial charge in [0.15, 0.2) is 0 Å². The minimum Gasteiger partial charge on any atom is -0.493 e. The number of rotatable bonds is 6. The molecule has 2 nitrogen and oxygen atoms in total. The molecule has 0 bridgehead atoms. The summed E-state index contributed by atoms with van der Waals surface area (Å²) >= 11 is 3.53. The summed E-state index contributed by atoms with van der Waals surface area (Å²) in [6.45, 7) is 5.40. The summed E-state index contributed by atoms with van der Waals surface area (Å²) in [7, 11) is 0. The molecule has 2 rings (SSSR count). The van der Waals surface area contributed by atoms with Crippen molar-refractivity contribution in [1.82, 2.24) is 5.32 Å². The van der Waals surface area contributed by atoms with E-state index in [4.69, 9.17) is 4.74 Å². The maximum atomic E-state index is 6.01. The number of hydrogen-bond donors (Lipinski definition) is 1. The number of benzene rings is 1. The largest absolute Gasteiger partial charge is 0.493 e. The van der Waals surface area contributed by atoms with Gasteiger partial charge in [0.1, 0.15) is 5.75 Å². The van der Waals surface area contributed by atoms with Gasteiger partial charge in [0, 0.05) is 4.47 Å². The van der Waals surface area contributed by atoms with Gasteiger partial charge in [-0.2, -0.15) is 0 Å². The molecule has 1 fully saturated rings. The van der Waals surface area contributed by atoms with E-state index in [0.717, 1.165) is 35.6 Å². The van der Waals surface area contributed by atoms with Gasteiger partial charge in [0.25, 0.3) is 0 Å². The fourth-order valence-electron chi connectivity index (χ4n) is 2.66. The molecule has 19 heavy (non-hydrogen) atoms. The maximum absolute atomic E-state index is 6.01. The highest BCUT2D eigenvalue weighted by Crippen LogP contribution is 2.25. The van der Waals surface area contributed by atoms with Crippen molar-refractivity contribution in [2.75, 3.05) is 19.7 Å². The first kappa shape index (κ1) is 14.9. The van der Waals surface area contributed by atoms with Crippen LogP contribution in [0.1, 0.15) is 38.2 Å². The molecule has 3 heteroatoms. The van der Waals surface area contributed by atoms with Crippen LogP contribution in [0, 0.1) is 5.92 Å². The molecule has 1 heterocycles. The predicted molar refractivity (Wildman–Crippen MR) is 83.8 cm³/mol. The van der Waals surface area contributed by atoms with Gasteiger partial charge in [-0.15, -0.1) is 0 Å². The van der Waals surface area contributed by atoms with Crippen molar-refractivity contribution in [2.45, 2.75) is 39.0 Å². The predicted octanol–water partition coefficient (Wildman–Crippen LogP) is 4.17. The van der Waals surface area contributed by atoms with E-state index in [2.05, 4.69) is 46.4 Å². The molecular weight excluding hydrogens is 302 g/mol. The first-order valence-electron chi connectivity index (χ1n) is 7.41. The SMILES string of the molecule is CCCc1cc(Br)ccc1OCCC1CCNCC1. The Bertz CT molecular complexity index is 388. The summed E-state index contributed by atoms with van der Waals surface area (Å²) in [6.07, 6.45) is 6.02. The molecule has 1 aromatic rings. The van der Waals surface area contributed by atoms with Crippen LogP contribution in [-0.2, 0) is 6.42 Å². The topological polar surface area (TPSA) is 21.3 Å². The Morgan fingerprint density at radius 1 is 1.32 bits per heavy atom. The Hall–Kier alpha value is -0.540. The fraction of sp³-hybridized carbons (Fsp3) is 0.625. The molecule has 1 aromatic carbocycles. The van der Waals surface area contributed by atoms with Gasteiger partial charge < -0.3 is 10.1 Å². The Labute approximate surface area is 125 Å². The normalized spacial score (nSPS) is 16.5. The fourth-order valence-corrected chi connectivity index (χ4v) is 3.07. The number of ether oxygens (including phenoxy) is 1. The molecule has 1 saturated heterocycles. The molecule has 0 radical (unpaired) electrons. The lowest BCUT2D eigenvalue weighted by atomic mass is 9.95. The average molecular weight is 326 g/mol. The quantitative estimate of drug-likeness (QED) is 0.847. The highest BCUT2D eigenvalue weighted by atomic mass is 79.9. The van der Waals surface area contributed by atoms with E-state index in [1.165, 1.54) is 37.9 Å². The molecule has 106 valence electrons. The van der Waals surface area contributed by atoms with Crippen LogP contribution in [0.4, 0.5) is 0 Å². The van der Waals surface area contributed by atoms with Crippen LogP contribution >= 0.6 is 15.9 Å². The Morgan fingerprint density at radius 3 is 2.84 bits per heavy atom. The van der Waals surface area contributed by atoms with Crippen molar-refractivity contribution in [3.8, 4) is 5.75 Å². The number of halogens is 1. The monoisotopic (exact) mass is 325 g/mol. The van der Waals surface area contributed by atoms with Crippen LogP contribution in [0.2, 0.25) is 0 Å². The van der Waals surface area contributed by atoms with Gasteiger partial charge in [0.05, 0.1) is 6.61 Å².